The summed E-state index contributed by atoms with van der Waals surface area (Å²) in [5, 5.41) is 8.37. The minimum absolute atomic E-state index is 0. The van der Waals surface area contributed by atoms with Gasteiger partial charge in [0.05, 0.1) is 6.42 Å². The largest absolute Gasteiger partial charge is 0.481 e. The molecule has 0 unspecified atom stereocenters. The molecule has 10 heavy (non-hydrogen) atoms. The lowest BCUT2D eigenvalue weighted by Crippen LogP contribution is -1.98. The van der Waals surface area contributed by atoms with Crippen molar-refractivity contribution in [2.75, 3.05) is 0 Å². The molecule has 54 valence electrons. The summed E-state index contributed by atoms with van der Waals surface area (Å²) in [4.78, 5) is 10.2. The van der Waals surface area contributed by atoms with Gasteiger partial charge < -0.3 is 5.11 Å². The summed E-state index contributed by atoms with van der Waals surface area (Å²) in [6, 6.07) is 9.13. The van der Waals surface area contributed by atoms with E-state index in [0.29, 0.717) is 0 Å². The van der Waals surface area contributed by atoms with E-state index in [9.17, 15) is 4.79 Å². The number of aliphatic carboxylic acids is 1. The van der Waals surface area contributed by atoms with Crippen molar-refractivity contribution in [2.24, 2.45) is 0 Å². The zero-order valence-electron chi connectivity index (χ0n) is 5.45. The quantitative estimate of drug-likeness (QED) is 0.673. The number of carbonyl (C=O) groups is 1. The molecule has 2 heteroatoms. The van der Waals surface area contributed by atoms with Crippen LogP contribution in [0.3, 0.4) is 0 Å². The van der Waals surface area contributed by atoms with Crippen molar-refractivity contribution in [3.8, 4) is 0 Å². The zero-order chi connectivity index (χ0) is 7.40. The van der Waals surface area contributed by atoms with E-state index in [-0.39, 0.29) is 7.85 Å². The molecule has 0 aliphatic rings. The molecule has 0 radical (unpaired) electrons. The number of rotatable bonds is 2. The highest BCUT2D eigenvalue weighted by Crippen LogP contribution is 1.98. The van der Waals surface area contributed by atoms with Crippen molar-refractivity contribution >= 4 is 5.97 Å². The molecule has 0 aromatic heterocycles. The Bertz CT molecular complexity index is 221. The molecule has 2 nitrogen and oxygen atoms in total. The molecule has 0 amide bonds. The van der Waals surface area contributed by atoms with Gasteiger partial charge in [-0.15, -0.1) is 0 Å². The molecule has 0 saturated heterocycles. The minimum atomic E-state index is -0.786. The molecule has 0 saturated carbocycles. The van der Waals surface area contributed by atoms with Crippen LogP contribution in [0.1, 0.15) is 6.99 Å². The van der Waals surface area contributed by atoms with Crippen LogP contribution in [0.15, 0.2) is 30.3 Å². The van der Waals surface area contributed by atoms with Crippen LogP contribution in [-0.2, 0) is 11.2 Å². The Morgan fingerprint density at radius 1 is 1.40 bits per heavy atom. The lowest BCUT2D eigenvalue weighted by molar-refractivity contribution is -0.136. The molecule has 0 atom stereocenters. The van der Waals surface area contributed by atoms with E-state index in [1.807, 2.05) is 18.2 Å². The Morgan fingerprint density at radius 3 is 2.50 bits per heavy atom. The van der Waals surface area contributed by atoms with E-state index in [1.165, 1.54) is 0 Å². The molecule has 1 aromatic carbocycles. The standard InChI is InChI=1S/C8H8O2.H2/c9-8(10)6-7-4-2-1-3-5-7;/h1-5H,6H2,(H,9,10);1H. The second-order valence-electron chi connectivity index (χ2n) is 2.06. The Kier molecular flexibility index (Phi) is 2.05. The zero-order valence-corrected chi connectivity index (χ0v) is 5.45. The summed E-state index contributed by atoms with van der Waals surface area (Å²) in [5.74, 6) is -0.786. The normalized spacial score (nSPS) is 9.20. The molecule has 0 fully saturated rings. The van der Waals surface area contributed by atoms with Gasteiger partial charge in [0, 0.05) is 1.43 Å². The highest BCUT2D eigenvalue weighted by atomic mass is 16.4. The lowest BCUT2D eigenvalue weighted by Gasteiger charge is -1.92. The van der Waals surface area contributed by atoms with Gasteiger partial charge in [0.25, 0.3) is 0 Å². The van der Waals surface area contributed by atoms with Gasteiger partial charge in [0.15, 0.2) is 0 Å². The van der Waals surface area contributed by atoms with Gasteiger partial charge in [-0.25, -0.2) is 0 Å². The van der Waals surface area contributed by atoms with Crippen molar-refractivity contribution in [3.05, 3.63) is 35.9 Å². The average molecular weight is 138 g/mol. The smallest absolute Gasteiger partial charge is 0.307 e. The number of hydrogen-bond donors (Lipinski definition) is 1. The fraction of sp³-hybridized carbons (Fsp3) is 0.125. The molecule has 0 bridgehead atoms. The van der Waals surface area contributed by atoms with Crippen LogP contribution in [0.5, 0.6) is 0 Å². The van der Waals surface area contributed by atoms with E-state index in [1.54, 1.807) is 12.1 Å². The average Bonchev–Trinajstić information content (AvgIpc) is 1.88. The van der Waals surface area contributed by atoms with E-state index in [0.717, 1.165) is 5.56 Å². The number of benzene rings is 1. The van der Waals surface area contributed by atoms with Gasteiger partial charge >= 0.3 is 5.97 Å². The number of carboxylic acid groups (broad SMARTS) is 1. The van der Waals surface area contributed by atoms with Gasteiger partial charge in [-0.1, -0.05) is 30.3 Å². The van der Waals surface area contributed by atoms with Crippen molar-refractivity contribution < 1.29 is 11.3 Å². The van der Waals surface area contributed by atoms with Crippen LogP contribution in [0.2, 0.25) is 0 Å². The second-order valence-corrected chi connectivity index (χ2v) is 2.06. The van der Waals surface area contributed by atoms with E-state index in [4.69, 9.17) is 5.11 Å². The molecule has 0 aliphatic heterocycles. The van der Waals surface area contributed by atoms with Crippen LogP contribution < -0.4 is 0 Å². The van der Waals surface area contributed by atoms with E-state index < -0.39 is 5.97 Å². The maximum atomic E-state index is 10.2. The Morgan fingerprint density at radius 2 is 2.00 bits per heavy atom. The molecule has 0 spiro atoms. The second kappa shape index (κ2) is 3.01. The first-order valence-corrected chi connectivity index (χ1v) is 3.05. The monoisotopic (exact) mass is 138 g/mol. The van der Waals surface area contributed by atoms with Crippen molar-refractivity contribution in [3.63, 3.8) is 0 Å². The first-order chi connectivity index (χ1) is 4.79. The number of hydrogen-bond acceptors (Lipinski definition) is 1. The first kappa shape index (κ1) is 6.81. The topological polar surface area (TPSA) is 37.3 Å². The van der Waals surface area contributed by atoms with Crippen molar-refractivity contribution in [1.29, 1.82) is 0 Å². The highest BCUT2D eigenvalue weighted by Gasteiger charge is 1.96. The van der Waals surface area contributed by atoms with Crippen molar-refractivity contribution in [2.45, 2.75) is 6.42 Å². The SMILES string of the molecule is O=C(O)Cc1ccccc1.[HH]. The maximum Gasteiger partial charge on any atom is 0.307 e. The molecular weight excluding hydrogens is 128 g/mol. The van der Waals surface area contributed by atoms with Crippen LogP contribution in [0, 0.1) is 0 Å². The molecule has 1 aromatic rings. The molecular formula is C8H10O2. The maximum absolute atomic E-state index is 10.2. The third-order valence-corrected chi connectivity index (χ3v) is 1.20. The summed E-state index contributed by atoms with van der Waals surface area (Å²) >= 11 is 0. The lowest BCUT2D eigenvalue weighted by atomic mass is 10.2. The van der Waals surface area contributed by atoms with E-state index >= 15 is 0 Å². The summed E-state index contributed by atoms with van der Waals surface area (Å²) in [6.07, 6.45) is 0.112. The van der Waals surface area contributed by atoms with E-state index in [2.05, 4.69) is 0 Å². The Labute approximate surface area is 60.6 Å². The van der Waals surface area contributed by atoms with Crippen LogP contribution in [0.25, 0.3) is 0 Å². The predicted octanol–water partition coefficient (Wildman–Crippen LogP) is 1.56. The minimum Gasteiger partial charge on any atom is -0.481 e. The first-order valence-electron chi connectivity index (χ1n) is 3.05. The Hall–Kier alpha value is -1.31. The molecule has 0 aliphatic carbocycles. The predicted molar refractivity (Wildman–Crippen MR) is 39.9 cm³/mol. The fourth-order valence-corrected chi connectivity index (χ4v) is 0.770. The van der Waals surface area contributed by atoms with Crippen LogP contribution >= 0.6 is 0 Å². The number of carboxylic acids is 1. The van der Waals surface area contributed by atoms with Crippen LogP contribution in [0.4, 0.5) is 0 Å². The summed E-state index contributed by atoms with van der Waals surface area (Å²) in [5.41, 5.74) is 0.843. The molecule has 0 heterocycles. The van der Waals surface area contributed by atoms with Gasteiger partial charge in [-0.3, -0.25) is 4.79 Å². The van der Waals surface area contributed by atoms with Gasteiger partial charge in [0.1, 0.15) is 0 Å². The van der Waals surface area contributed by atoms with Crippen molar-refractivity contribution in [1.82, 2.24) is 0 Å². The third kappa shape index (κ3) is 1.90. The Balaban J connectivity index is 0.000001000. The van der Waals surface area contributed by atoms with Crippen LogP contribution in [-0.4, -0.2) is 11.1 Å². The molecule has 1 rings (SSSR count). The van der Waals surface area contributed by atoms with Gasteiger partial charge in [-0.2, -0.15) is 0 Å². The van der Waals surface area contributed by atoms with Gasteiger partial charge in [0.2, 0.25) is 0 Å². The summed E-state index contributed by atoms with van der Waals surface area (Å²) in [6.45, 7) is 0. The van der Waals surface area contributed by atoms with Gasteiger partial charge in [-0.05, 0) is 5.56 Å². The third-order valence-electron chi connectivity index (χ3n) is 1.20. The summed E-state index contributed by atoms with van der Waals surface area (Å²) in [7, 11) is 0. The summed E-state index contributed by atoms with van der Waals surface area (Å²) < 4.78 is 0. The fourth-order valence-electron chi connectivity index (χ4n) is 0.770. The highest BCUT2D eigenvalue weighted by molar-refractivity contribution is 5.70. The molecule has 1 N–H and O–H groups in total.